The van der Waals surface area contributed by atoms with Crippen LogP contribution in [-0.4, -0.2) is 74.4 Å². The van der Waals surface area contributed by atoms with Crippen molar-refractivity contribution in [1.29, 1.82) is 0 Å². The molecule has 184 valence electrons. The third-order valence-corrected chi connectivity index (χ3v) is 9.74. The molecule has 34 heavy (non-hydrogen) atoms. The number of aliphatic hydroxyl groups excluding tert-OH is 1. The summed E-state index contributed by atoms with van der Waals surface area (Å²) in [5, 5.41) is 25.6. The number of carbonyl (C=O) groups is 3. The molecular formula is C23H30N4O5S2. The molecule has 4 aliphatic rings. The zero-order chi connectivity index (χ0) is 24.1. The third kappa shape index (κ3) is 4.01. The van der Waals surface area contributed by atoms with Crippen LogP contribution in [0.5, 0.6) is 0 Å². The molecule has 1 aromatic heterocycles. The van der Waals surface area contributed by atoms with Crippen LogP contribution in [-0.2, 0) is 9.59 Å². The number of aliphatic hydroxyl groups is 1. The van der Waals surface area contributed by atoms with Crippen molar-refractivity contribution in [3.63, 3.8) is 0 Å². The average Bonchev–Trinajstić information content (AvgIpc) is 3.33. The quantitative estimate of drug-likeness (QED) is 0.482. The Bertz CT molecular complexity index is 1030. The first-order valence-corrected chi connectivity index (χ1v) is 13.7. The smallest absolute Gasteiger partial charge is 0.353 e. The fourth-order valence-corrected chi connectivity index (χ4v) is 7.89. The number of aliphatic carboxylic acids is 1. The van der Waals surface area contributed by atoms with Crippen molar-refractivity contribution >= 4 is 46.0 Å². The van der Waals surface area contributed by atoms with Gasteiger partial charge in [-0.3, -0.25) is 9.59 Å². The minimum atomic E-state index is -1.10. The van der Waals surface area contributed by atoms with Crippen molar-refractivity contribution in [3.05, 3.63) is 21.7 Å². The highest BCUT2D eigenvalue weighted by Gasteiger charge is 2.60. The monoisotopic (exact) mass is 506 g/mol. The number of carboxylic acids is 1. The molecule has 3 N–H and O–H groups in total. The van der Waals surface area contributed by atoms with Crippen molar-refractivity contribution in [1.82, 2.24) is 15.2 Å². The van der Waals surface area contributed by atoms with Gasteiger partial charge in [-0.1, -0.05) is 26.2 Å². The van der Waals surface area contributed by atoms with Crippen LogP contribution in [0.15, 0.2) is 16.0 Å². The summed E-state index contributed by atoms with van der Waals surface area (Å²) in [5.74, 6) is -2.19. The normalized spacial score (nSPS) is 28.4. The fourth-order valence-electron chi connectivity index (χ4n) is 5.55. The summed E-state index contributed by atoms with van der Waals surface area (Å²) in [6, 6.07) is -0.0471. The number of thiazole rings is 1. The molecule has 2 saturated heterocycles. The lowest BCUT2D eigenvalue weighted by Crippen LogP contribution is -2.63. The molecule has 1 aliphatic carbocycles. The Morgan fingerprint density at radius 3 is 2.62 bits per heavy atom. The summed E-state index contributed by atoms with van der Waals surface area (Å²) in [6.07, 6.45) is 4.81. The van der Waals surface area contributed by atoms with E-state index in [1.807, 2.05) is 6.92 Å². The van der Waals surface area contributed by atoms with Gasteiger partial charge >= 0.3 is 5.97 Å². The van der Waals surface area contributed by atoms with E-state index in [-0.39, 0.29) is 40.8 Å². The summed E-state index contributed by atoms with van der Waals surface area (Å²) >= 11 is 2.96. The van der Waals surface area contributed by atoms with Gasteiger partial charge < -0.3 is 25.3 Å². The molecule has 3 aliphatic heterocycles. The lowest BCUT2D eigenvalue weighted by molar-refractivity contribution is -0.163. The van der Waals surface area contributed by atoms with Crippen molar-refractivity contribution in [2.75, 3.05) is 18.0 Å². The predicted octanol–water partition coefficient (Wildman–Crippen LogP) is 2.28. The Labute approximate surface area is 206 Å². The second kappa shape index (κ2) is 9.16. The van der Waals surface area contributed by atoms with Crippen molar-refractivity contribution < 1.29 is 24.6 Å². The van der Waals surface area contributed by atoms with Gasteiger partial charge in [0.15, 0.2) is 5.13 Å². The Hall–Kier alpha value is -2.11. The Morgan fingerprint density at radius 1 is 1.26 bits per heavy atom. The number of carbonyl (C=O) groups excluding carboxylic acids is 2. The van der Waals surface area contributed by atoms with Crippen LogP contribution in [0, 0.1) is 11.8 Å². The number of hydrogen-bond donors (Lipinski definition) is 3. The summed E-state index contributed by atoms with van der Waals surface area (Å²) in [6.45, 7) is 4.92. The third-order valence-electron chi connectivity index (χ3n) is 7.39. The van der Waals surface area contributed by atoms with Crippen LogP contribution in [0.2, 0.25) is 0 Å². The van der Waals surface area contributed by atoms with Crippen LogP contribution in [0.4, 0.5) is 5.13 Å². The highest BCUT2D eigenvalue weighted by atomic mass is 32.2. The SMILES string of the molecule is C[C@@H](O)[C@H]1C(=O)N2C(C(=O)O)=C(SC3CN(c4nc(C(=O)NC5CCCCC5)cs4)C3)[C@H](C)[C@H]12. The van der Waals surface area contributed by atoms with E-state index < -0.39 is 18.0 Å². The zero-order valence-electron chi connectivity index (χ0n) is 19.3. The van der Waals surface area contributed by atoms with Gasteiger partial charge in [-0.2, -0.15) is 0 Å². The number of nitrogens with one attached hydrogen (secondary N) is 1. The van der Waals surface area contributed by atoms with Gasteiger partial charge in [0.05, 0.1) is 18.1 Å². The van der Waals surface area contributed by atoms with Crippen molar-refractivity contribution in [2.24, 2.45) is 11.8 Å². The van der Waals surface area contributed by atoms with Crippen molar-refractivity contribution in [2.45, 2.75) is 69.4 Å². The molecule has 0 unspecified atom stereocenters. The lowest BCUT2D eigenvalue weighted by atomic mass is 9.79. The Balaban J connectivity index is 1.19. The molecule has 2 amide bonds. The minimum absolute atomic E-state index is 0.0683. The van der Waals surface area contributed by atoms with E-state index in [1.54, 1.807) is 12.3 Å². The summed E-state index contributed by atoms with van der Waals surface area (Å²) in [7, 11) is 0. The van der Waals surface area contributed by atoms with Crippen molar-refractivity contribution in [3.8, 4) is 0 Å². The van der Waals surface area contributed by atoms with Gasteiger partial charge in [0.1, 0.15) is 11.4 Å². The molecule has 0 aromatic carbocycles. The number of carboxylic acid groups (broad SMARTS) is 1. The topological polar surface area (TPSA) is 123 Å². The number of nitrogens with zero attached hydrogens (tertiary/aromatic N) is 3. The lowest BCUT2D eigenvalue weighted by Gasteiger charge is -2.46. The standard InChI is InChI=1S/C23H30N4O5S2/c1-11-17-16(12(2)28)21(30)27(17)18(22(31)32)19(11)34-14-8-26(9-14)23-25-15(10-33-23)20(29)24-13-6-4-3-5-7-13/h10-14,16-17,28H,3-9H2,1-2H3,(H,24,29)(H,31,32)/t11-,12-,16-,17-/m1/s1. The Morgan fingerprint density at radius 2 is 1.97 bits per heavy atom. The second-order valence-corrected chi connectivity index (χ2v) is 11.9. The maximum absolute atomic E-state index is 12.6. The van der Waals surface area contributed by atoms with Gasteiger partial charge in [-0.15, -0.1) is 23.1 Å². The van der Waals surface area contributed by atoms with Crippen LogP contribution in [0.25, 0.3) is 0 Å². The van der Waals surface area contributed by atoms with E-state index >= 15 is 0 Å². The number of aromatic nitrogens is 1. The van der Waals surface area contributed by atoms with E-state index in [9.17, 15) is 24.6 Å². The summed E-state index contributed by atoms with van der Waals surface area (Å²) in [5.41, 5.74) is 0.521. The first kappa shape index (κ1) is 23.6. The molecule has 9 nitrogen and oxygen atoms in total. The maximum Gasteiger partial charge on any atom is 0.353 e. The fraction of sp³-hybridized carbons (Fsp3) is 0.652. The maximum atomic E-state index is 12.6. The number of β-lactam (4-membered cyclic amide) rings is 1. The molecule has 4 heterocycles. The molecule has 3 fully saturated rings. The van der Waals surface area contributed by atoms with Gasteiger partial charge in [0.2, 0.25) is 5.91 Å². The van der Waals surface area contributed by atoms with E-state index in [2.05, 4.69) is 15.2 Å². The summed E-state index contributed by atoms with van der Waals surface area (Å²) < 4.78 is 0. The molecule has 0 bridgehead atoms. The van der Waals surface area contributed by atoms with E-state index in [0.717, 1.165) is 30.8 Å². The molecule has 1 aromatic rings. The predicted molar refractivity (Wildman–Crippen MR) is 130 cm³/mol. The molecule has 11 heteroatoms. The molecular weight excluding hydrogens is 476 g/mol. The van der Waals surface area contributed by atoms with Crippen LogP contribution >= 0.6 is 23.1 Å². The number of rotatable bonds is 7. The van der Waals surface area contributed by atoms with Gasteiger partial charge in [-0.25, -0.2) is 9.78 Å². The van der Waals surface area contributed by atoms with Gasteiger partial charge in [-0.05, 0) is 19.8 Å². The molecule has 4 atom stereocenters. The summed E-state index contributed by atoms with van der Waals surface area (Å²) in [4.78, 5) is 45.7. The zero-order valence-corrected chi connectivity index (χ0v) is 20.9. The van der Waals surface area contributed by atoms with E-state index in [1.165, 1.54) is 34.4 Å². The Kier molecular flexibility index (Phi) is 6.36. The highest BCUT2D eigenvalue weighted by molar-refractivity contribution is 8.03. The van der Waals surface area contributed by atoms with Crippen LogP contribution < -0.4 is 10.2 Å². The number of anilines is 1. The largest absolute Gasteiger partial charge is 0.477 e. The molecule has 0 radical (unpaired) electrons. The molecule has 5 rings (SSSR count). The molecule has 1 saturated carbocycles. The van der Waals surface area contributed by atoms with Crippen LogP contribution in [0.1, 0.15) is 56.4 Å². The number of fused-ring (bicyclic) bond motifs is 1. The number of amides is 2. The van der Waals surface area contributed by atoms with Crippen LogP contribution in [0.3, 0.4) is 0 Å². The van der Waals surface area contributed by atoms with Gasteiger partial charge in [0.25, 0.3) is 5.91 Å². The highest BCUT2D eigenvalue weighted by Crippen LogP contribution is 2.52. The second-order valence-electron chi connectivity index (χ2n) is 9.74. The number of hydrogen-bond acceptors (Lipinski definition) is 8. The van der Waals surface area contributed by atoms with E-state index in [0.29, 0.717) is 23.7 Å². The molecule has 0 spiro atoms. The average molecular weight is 507 g/mol. The minimum Gasteiger partial charge on any atom is -0.477 e. The number of thioether (sulfide) groups is 1. The van der Waals surface area contributed by atoms with E-state index in [4.69, 9.17) is 0 Å². The first-order valence-electron chi connectivity index (χ1n) is 11.9. The first-order chi connectivity index (χ1) is 16.3. The van der Waals surface area contributed by atoms with Gasteiger partial charge in [0, 0.05) is 40.6 Å².